The molecule has 0 heterocycles. The molecule has 1 rings (SSSR count). The molecule has 0 amide bonds. The highest BCUT2D eigenvalue weighted by molar-refractivity contribution is 5.26. The second-order valence-electron chi connectivity index (χ2n) is 3.64. The third-order valence-electron chi connectivity index (χ3n) is 2.45. The molecule has 12 heavy (non-hydrogen) atoms. The molecule has 0 aliphatic heterocycles. The van der Waals surface area contributed by atoms with Gasteiger partial charge >= 0.3 is 0 Å². The van der Waals surface area contributed by atoms with Crippen LogP contribution in [0.25, 0.3) is 0 Å². The SMILES string of the molecule is CCC(C)(N)c1ccc(C)cc1. The zero-order chi connectivity index (χ0) is 9.19. The second kappa shape index (κ2) is 3.28. The first kappa shape index (κ1) is 9.27. The molecule has 2 N–H and O–H groups in total. The van der Waals surface area contributed by atoms with Crippen LogP contribution in [-0.4, -0.2) is 0 Å². The second-order valence-corrected chi connectivity index (χ2v) is 3.64. The molecule has 0 aliphatic rings. The fourth-order valence-electron chi connectivity index (χ4n) is 1.14. The summed E-state index contributed by atoms with van der Waals surface area (Å²) in [5.74, 6) is 0. The minimum absolute atomic E-state index is 0.173. The summed E-state index contributed by atoms with van der Waals surface area (Å²) in [6, 6.07) is 8.43. The number of rotatable bonds is 2. The molecule has 0 radical (unpaired) electrons. The first-order valence-electron chi connectivity index (χ1n) is 4.42. The van der Waals surface area contributed by atoms with Gasteiger partial charge in [0.05, 0.1) is 0 Å². The van der Waals surface area contributed by atoms with Crippen molar-refractivity contribution in [2.24, 2.45) is 5.73 Å². The Morgan fingerprint density at radius 2 is 1.75 bits per heavy atom. The van der Waals surface area contributed by atoms with E-state index in [1.807, 2.05) is 0 Å². The molecule has 0 bridgehead atoms. The highest BCUT2D eigenvalue weighted by Gasteiger charge is 2.17. The Bertz CT molecular complexity index is 246. The van der Waals surface area contributed by atoms with E-state index in [0.29, 0.717) is 0 Å². The Kier molecular flexibility index (Phi) is 2.53. The van der Waals surface area contributed by atoms with Crippen molar-refractivity contribution in [1.29, 1.82) is 0 Å². The van der Waals surface area contributed by atoms with Gasteiger partial charge in [0.25, 0.3) is 0 Å². The summed E-state index contributed by atoms with van der Waals surface area (Å²) in [4.78, 5) is 0. The summed E-state index contributed by atoms with van der Waals surface area (Å²) in [5, 5.41) is 0. The van der Waals surface area contributed by atoms with Gasteiger partial charge in [-0.2, -0.15) is 0 Å². The summed E-state index contributed by atoms with van der Waals surface area (Å²) in [6.45, 7) is 6.26. The van der Waals surface area contributed by atoms with Crippen molar-refractivity contribution in [1.82, 2.24) is 0 Å². The van der Waals surface area contributed by atoms with Crippen LogP contribution in [0.2, 0.25) is 0 Å². The molecule has 66 valence electrons. The standard InChI is InChI=1S/C11H17N/c1-4-11(3,12)10-7-5-9(2)6-8-10/h5-8H,4,12H2,1-3H3. The Morgan fingerprint density at radius 1 is 1.25 bits per heavy atom. The average Bonchev–Trinajstić information content (AvgIpc) is 2.05. The van der Waals surface area contributed by atoms with Crippen LogP contribution in [-0.2, 0) is 5.54 Å². The fraction of sp³-hybridized carbons (Fsp3) is 0.455. The number of hydrogen-bond acceptors (Lipinski definition) is 1. The molecule has 1 aromatic carbocycles. The summed E-state index contributed by atoms with van der Waals surface area (Å²) < 4.78 is 0. The van der Waals surface area contributed by atoms with Crippen molar-refractivity contribution < 1.29 is 0 Å². The number of hydrogen-bond donors (Lipinski definition) is 1. The van der Waals surface area contributed by atoms with Crippen LogP contribution < -0.4 is 5.73 Å². The van der Waals surface area contributed by atoms with Gasteiger partial charge in [0, 0.05) is 5.54 Å². The number of aryl methyl sites for hydroxylation is 1. The predicted octanol–water partition coefficient (Wildman–Crippen LogP) is 2.58. The third-order valence-corrected chi connectivity index (χ3v) is 2.45. The molecule has 1 heteroatoms. The van der Waals surface area contributed by atoms with Crippen LogP contribution in [0, 0.1) is 6.92 Å². The molecule has 1 atom stereocenters. The largest absolute Gasteiger partial charge is 0.322 e. The van der Waals surface area contributed by atoms with Gasteiger partial charge in [-0.05, 0) is 25.8 Å². The normalized spacial score (nSPS) is 15.7. The molecule has 0 spiro atoms. The lowest BCUT2D eigenvalue weighted by molar-refractivity contribution is 0.476. The van der Waals surface area contributed by atoms with Crippen molar-refractivity contribution in [2.45, 2.75) is 32.7 Å². The van der Waals surface area contributed by atoms with Crippen molar-refractivity contribution in [3.8, 4) is 0 Å². The van der Waals surface area contributed by atoms with Gasteiger partial charge in [-0.25, -0.2) is 0 Å². The van der Waals surface area contributed by atoms with E-state index >= 15 is 0 Å². The molecule has 1 nitrogen and oxygen atoms in total. The summed E-state index contributed by atoms with van der Waals surface area (Å²) in [6.07, 6.45) is 0.968. The first-order chi connectivity index (χ1) is 5.56. The molecule has 1 aromatic rings. The monoisotopic (exact) mass is 163 g/mol. The lowest BCUT2D eigenvalue weighted by Gasteiger charge is -2.23. The van der Waals surface area contributed by atoms with E-state index in [1.165, 1.54) is 11.1 Å². The van der Waals surface area contributed by atoms with Gasteiger partial charge < -0.3 is 5.73 Å². The van der Waals surface area contributed by atoms with E-state index in [0.717, 1.165) is 6.42 Å². The molecular weight excluding hydrogens is 146 g/mol. The van der Waals surface area contributed by atoms with Crippen molar-refractivity contribution >= 4 is 0 Å². The van der Waals surface area contributed by atoms with Crippen molar-refractivity contribution in [2.75, 3.05) is 0 Å². The van der Waals surface area contributed by atoms with Crippen LogP contribution in [0.3, 0.4) is 0 Å². The summed E-state index contributed by atoms with van der Waals surface area (Å²) in [5.41, 5.74) is 8.42. The summed E-state index contributed by atoms with van der Waals surface area (Å²) >= 11 is 0. The predicted molar refractivity (Wildman–Crippen MR) is 53.0 cm³/mol. The molecule has 0 saturated carbocycles. The highest BCUT2D eigenvalue weighted by atomic mass is 14.7. The highest BCUT2D eigenvalue weighted by Crippen LogP contribution is 2.20. The van der Waals surface area contributed by atoms with Gasteiger partial charge in [0.2, 0.25) is 0 Å². The third kappa shape index (κ3) is 1.86. The zero-order valence-corrected chi connectivity index (χ0v) is 8.09. The van der Waals surface area contributed by atoms with Crippen LogP contribution in [0.5, 0.6) is 0 Å². The first-order valence-corrected chi connectivity index (χ1v) is 4.42. The molecule has 0 aliphatic carbocycles. The maximum Gasteiger partial charge on any atom is 0.0378 e. The van der Waals surface area contributed by atoms with E-state index < -0.39 is 0 Å². The maximum absolute atomic E-state index is 6.09. The van der Waals surface area contributed by atoms with Crippen LogP contribution in [0.15, 0.2) is 24.3 Å². The minimum atomic E-state index is -0.173. The molecule has 0 aromatic heterocycles. The van der Waals surface area contributed by atoms with Gasteiger partial charge in [0.1, 0.15) is 0 Å². The molecule has 0 saturated heterocycles. The van der Waals surface area contributed by atoms with E-state index in [2.05, 4.69) is 45.0 Å². The topological polar surface area (TPSA) is 26.0 Å². The average molecular weight is 163 g/mol. The lowest BCUT2D eigenvalue weighted by atomic mass is 9.90. The smallest absolute Gasteiger partial charge is 0.0378 e. The van der Waals surface area contributed by atoms with Crippen LogP contribution in [0.4, 0.5) is 0 Å². The fourth-order valence-corrected chi connectivity index (χ4v) is 1.14. The van der Waals surface area contributed by atoms with Crippen molar-refractivity contribution in [3.63, 3.8) is 0 Å². The molecule has 1 unspecified atom stereocenters. The van der Waals surface area contributed by atoms with E-state index in [4.69, 9.17) is 5.73 Å². The quantitative estimate of drug-likeness (QED) is 0.712. The van der Waals surface area contributed by atoms with Crippen molar-refractivity contribution in [3.05, 3.63) is 35.4 Å². The van der Waals surface area contributed by atoms with E-state index in [-0.39, 0.29) is 5.54 Å². The Labute approximate surface area is 74.6 Å². The molecule has 0 fully saturated rings. The molecular formula is C11H17N. The Morgan fingerprint density at radius 3 is 2.17 bits per heavy atom. The lowest BCUT2D eigenvalue weighted by Crippen LogP contribution is -2.31. The van der Waals surface area contributed by atoms with Gasteiger partial charge in [-0.15, -0.1) is 0 Å². The van der Waals surface area contributed by atoms with Gasteiger partial charge in [0.15, 0.2) is 0 Å². The number of benzene rings is 1. The number of nitrogens with two attached hydrogens (primary N) is 1. The minimum Gasteiger partial charge on any atom is -0.322 e. The van der Waals surface area contributed by atoms with E-state index in [1.54, 1.807) is 0 Å². The summed E-state index contributed by atoms with van der Waals surface area (Å²) in [7, 11) is 0. The maximum atomic E-state index is 6.09. The van der Waals surface area contributed by atoms with Gasteiger partial charge in [-0.3, -0.25) is 0 Å². The van der Waals surface area contributed by atoms with Crippen LogP contribution in [0.1, 0.15) is 31.4 Å². The Hall–Kier alpha value is -0.820. The Balaban J connectivity index is 2.96. The van der Waals surface area contributed by atoms with Gasteiger partial charge in [-0.1, -0.05) is 36.8 Å². The zero-order valence-electron chi connectivity index (χ0n) is 8.09. The van der Waals surface area contributed by atoms with E-state index in [9.17, 15) is 0 Å². The van der Waals surface area contributed by atoms with Crippen LogP contribution >= 0.6 is 0 Å².